The van der Waals surface area contributed by atoms with Gasteiger partial charge in [-0.05, 0) is 85.1 Å². The Kier molecular flexibility index (Phi) is 8.64. The molecule has 40 heavy (non-hydrogen) atoms. The van der Waals surface area contributed by atoms with Gasteiger partial charge in [0.15, 0.2) is 0 Å². The molecule has 8 nitrogen and oxygen atoms in total. The molecule has 1 fully saturated rings. The summed E-state index contributed by atoms with van der Waals surface area (Å²) in [6.07, 6.45) is 2.56. The normalized spacial score (nSPS) is 15.0. The summed E-state index contributed by atoms with van der Waals surface area (Å²) in [5, 5.41) is 12.8. The van der Waals surface area contributed by atoms with Gasteiger partial charge in [-0.25, -0.2) is 13.1 Å². The molecule has 1 atom stereocenters. The third-order valence-corrected chi connectivity index (χ3v) is 8.46. The number of nitrogens with one attached hydrogen (secondary N) is 3. The van der Waals surface area contributed by atoms with Crippen LogP contribution in [0.25, 0.3) is 10.8 Å². The minimum absolute atomic E-state index is 0.0641. The third-order valence-electron chi connectivity index (χ3n) is 6.94. The second kappa shape index (κ2) is 12.5. The van der Waals surface area contributed by atoms with Crippen molar-refractivity contribution in [3.05, 3.63) is 102 Å². The molecular weight excluding hydrogens is 524 g/mol. The number of nitrogen functional groups attached to an aromatic ring is 1. The number of hydrogen-bond acceptors (Lipinski definition) is 6. The van der Waals surface area contributed by atoms with E-state index in [9.17, 15) is 8.42 Å². The predicted molar refractivity (Wildman–Crippen MR) is 158 cm³/mol. The van der Waals surface area contributed by atoms with Gasteiger partial charge in [0.2, 0.25) is 10.0 Å². The number of piperidine rings is 1. The van der Waals surface area contributed by atoms with E-state index in [0.29, 0.717) is 17.7 Å². The summed E-state index contributed by atoms with van der Waals surface area (Å²) in [6, 6.07) is 26.9. The Hall–Kier alpha value is -3.92. The maximum absolute atomic E-state index is 13.5. The molecule has 0 spiro atoms. The number of rotatable bonds is 11. The lowest BCUT2D eigenvalue weighted by atomic mass is 10.1. The molecule has 0 bridgehead atoms. The van der Waals surface area contributed by atoms with Crippen LogP contribution in [0.2, 0.25) is 0 Å². The van der Waals surface area contributed by atoms with Gasteiger partial charge in [0.05, 0.1) is 10.9 Å². The number of hydrogen-bond donors (Lipinski definition) is 4. The van der Waals surface area contributed by atoms with E-state index in [1.54, 1.807) is 36.4 Å². The molecule has 1 aliphatic heterocycles. The Bertz CT molecular complexity index is 1570. The van der Waals surface area contributed by atoms with E-state index >= 15 is 0 Å². The van der Waals surface area contributed by atoms with Gasteiger partial charge in [0.25, 0.3) is 0 Å². The van der Waals surface area contributed by atoms with Crippen molar-refractivity contribution in [3.63, 3.8) is 0 Å². The standard InChI is InChI=1S/C31H34N4O4S/c32-31(33)25-6-3-7-29(19-25)38-21-26(18-22-8-11-27(12-9-22)39-28-14-16-34-17-15-28)35-40(36,37)30-13-10-23-4-1-2-5-24(23)20-30/h1-13,19-20,26,28,34-35H,14-18,21H2,(H3,32,33)/t26-/m0/s1. The van der Waals surface area contributed by atoms with E-state index in [-0.39, 0.29) is 23.4 Å². The van der Waals surface area contributed by atoms with Gasteiger partial charge in [0.1, 0.15) is 30.0 Å². The Morgan fingerprint density at radius 3 is 2.42 bits per heavy atom. The SMILES string of the molecule is N=C(N)c1cccc(OC[C@H](Cc2ccc(OC3CCNCC3)cc2)NS(=O)(=O)c2ccc3ccccc3c2)c1. The summed E-state index contributed by atoms with van der Waals surface area (Å²) in [7, 11) is -3.84. The van der Waals surface area contributed by atoms with Crippen molar-refractivity contribution >= 4 is 26.6 Å². The number of fused-ring (bicyclic) bond motifs is 1. The minimum atomic E-state index is -3.84. The molecule has 4 aromatic carbocycles. The van der Waals surface area contributed by atoms with Crippen LogP contribution in [0.3, 0.4) is 0 Å². The Morgan fingerprint density at radius 2 is 1.68 bits per heavy atom. The first kappa shape index (κ1) is 27.6. The summed E-state index contributed by atoms with van der Waals surface area (Å²) in [4.78, 5) is 0.195. The first-order valence-corrected chi connectivity index (χ1v) is 14.9. The van der Waals surface area contributed by atoms with Crippen LogP contribution in [0.15, 0.2) is 95.9 Å². The maximum Gasteiger partial charge on any atom is 0.240 e. The summed E-state index contributed by atoms with van der Waals surface area (Å²) >= 11 is 0. The Balaban J connectivity index is 1.33. The molecule has 0 amide bonds. The van der Waals surface area contributed by atoms with Gasteiger partial charge in [0, 0.05) is 5.56 Å². The number of nitrogens with two attached hydrogens (primary N) is 1. The second-order valence-electron chi connectivity index (χ2n) is 9.99. The number of amidine groups is 1. The van der Waals surface area contributed by atoms with Gasteiger partial charge in [-0.15, -0.1) is 0 Å². The lowest BCUT2D eigenvalue weighted by Crippen LogP contribution is -2.40. The van der Waals surface area contributed by atoms with Gasteiger partial charge < -0.3 is 20.5 Å². The van der Waals surface area contributed by atoms with Crippen LogP contribution >= 0.6 is 0 Å². The number of ether oxygens (including phenoxy) is 2. The quantitative estimate of drug-likeness (QED) is 0.161. The highest BCUT2D eigenvalue weighted by molar-refractivity contribution is 7.89. The van der Waals surface area contributed by atoms with Gasteiger partial charge in [-0.2, -0.15) is 0 Å². The summed E-state index contributed by atoms with van der Waals surface area (Å²) < 4.78 is 41.9. The van der Waals surface area contributed by atoms with Crippen LogP contribution in [0.1, 0.15) is 24.0 Å². The zero-order chi connectivity index (χ0) is 28.0. The smallest absolute Gasteiger partial charge is 0.240 e. The fraction of sp³-hybridized carbons (Fsp3) is 0.258. The second-order valence-corrected chi connectivity index (χ2v) is 11.7. The monoisotopic (exact) mass is 558 g/mol. The first-order chi connectivity index (χ1) is 19.4. The van der Waals surface area contributed by atoms with Gasteiger partial charge in [-0.3, -0.25) is 5.41 Å². The van der Waals surface area contributed by atoms with Crippen molar-refractivity contribution in [2.75, 3.05) is 19.7 Å². The number of benzene rings is 4. The van der Waals surface area contributed by atoms with Crippen molar-refractivity contribution < 1.29 is 17.9 Å². The topological polar surface area (TPSA) is 127 Å². The van der Waals surface area contributed by atoms with Crippen LogP contribution in [-0.2, 0) is 16.4 Å². The van der Waals surface area contributed by atoms with Gasteiger partial charge in [-0.1, -0.05) is 54.6 Å². The van der Waals surface area contributed by atoms with E-state index in [4.69, 9.17) is 20.6 Å². The van der Waals surface area contributed by atoms with Crippen LogP contribution in [0.5, 0.6) is 11.5 Å². The lowest BCUT2D eigenvalue weighted by Gasteiger charge is -2.24. The van der Waals surface area contributed by atoms with Crippen molar-refractivity contribution in [2.45, 2.75) is 36.3 Å². The van der Waals surface area contributed by atoms with Crippen molar-refractivity contribution in [1.82, 2.24) is 10.0 Å². The average molecular weight is 559 g/mol. The highest BCUT2D eigenvalue weighted by Gasteiger charge is 2.22. The van der Waals surface area contributed by atoms with E-state index < -0.39 is 16.1 Å². The molecule has 0 unspecified atom stereocenters. The molecule has 9 heteroatoms. The van der Waals surface area contributed by atoms with Crippen molar-refractivity contribution in [3.8, 4) is 11.5 Å². The summed E-state index contributed by atoms with van der Waals surface area (Å²) in [5.41, 5.74) is 7.11. The summed E-state index contributed by atoms with van der Waals surface area (Å²) in [5.74, 6) is 1.25. The number of sulfonamides is 1. The lowest BCUT2D eigenvalue weighted by molar-refractivity contribution is 0.162. The molecule has 208 valence electrons. The molecule has 5 N–H and O–H groups in total. The van der Waals surface area contributed by atoms with E-state index in [2.05, 4.69) is 10.0 Å². The van der Waals surface area contributed by atoms with E-state index in [1.165, 1.54) is 0 Å². The largest absolute Gasteiger partial charge is 0.492 e. The highest BCUT2D eigenvalue weighted by atomic mass is 32.2. The molecule has 0 saturated carbocycles. The van der Waals surface area contributed by atoms with Crippen LogP contribution < -0.4 is 25.2 Å². The van der Waals surface area contributed by atoms with E-state index in [1.807, 2.05) is 54.6 Å². The maximum atomic E-state index is 13.5. The van der Waals surface area contributed by atoms with Crippen LogP contribution in [0, 0.1) is 5.41 Å². The zero-order valence-electron chi connectivity index (χ0n) is 22.2. The minimum Gasteiger partial charge on any atom is -0.492 e. The van der Waals surface area contributed by atoms with E-state index in [0.717, 1.165) is 48.0 Å². The predicted octanol–water partition coefficient (Wildman–Crippen LogP) is 4.22. The van der Waals surface area contributed by atoms with Crippen molar-refractivity contribution in [1.29, 1.82) is 5.41 Å². The zero-order valence-corrected chi connectivity index (χ0v) is 23.0. The highest BCUT2D eigenvalue weighted by Crippen LogP contribution is 2.22. The fourth-order valence-electron chi connectivity index (χ4n) is 4.80. The molecule has 1 saturated heterocycles. The Morgan fingerprint density at radius 1 is 0.925 bits per heavy atom. The van der Waals surface area contributed by atoms with Crippen molar-refractivity contribution in [2.24, 2.45) is 5.73 Å². The molecule has 0 radical (unpaired) electrons. The molecule has 0 aromatic heterocycles. The molecule has 5 rings (SSSR count). The molecule has 1 aliphatic rings. The average Bonchev–Trinajstić information content (AvgIpc) is 2.97. The molecule has 4 aromatic rings. The molecule has 1 heterocycles. The third kappa shape index (κ3) is 7.18. The van der Waals surface area contributed by atoms with Gasteiger partial charge >= 0.3 is 0 Å². The fourth-order valence-corrected chi connectivity index (χ4v) is 6.06. The Labute approximate surface area is 235 Å². The van der Waals surface area contributed by atoms with Crippen LogP contribution in [-0.4, -0.2) is 46.1 Å². The first-order valence-electron chi connectivity index (χ1n) is 13.4. The van der Waals surface area contributed by atoms with Crippen LogP contribution in [0.4, 0.5) is 0 Å². The summed E-state index contributed by atoms with van der Waals surface area (Å²) in [6.45, 7) is 2.00. The molecular formula is C31H34N4O4S. The molecule has 0 aliphatic carbocycles.